The highest BCUT2D eigenvalue weighted by Crippen LogP contribution is 2.37. The number of allylic oxidation sites excluding steroid dienone is 1. The van der Waals surface area contributed by atoms with Crippen LogP contribution in [0, 0.1) is 11.7 Å². The summed E-state index contributed by atoms with van der Waals surface area (Å²) in [6, 6.07) is 14.0. The molecule has 2 aromatic rings. The van der Waals surface area contributed by atoms with Crippen LogP contribution in [0.4, 0.5) is 9.18 Å². The maximum atomic E-state index is 13.2. The summed E-state index contributed by atoms with van der Waals surface area (Å²) in [7, 11) is 0. The van der Waals surface area contributed by atoms with Gasteiger partial charge in [0, 0.05) is 16.9 Å². The highest BCUT2D eigenvalue weighted by Gasteiger charge is 2.38. The Morgan fingerprint density at radius 2 is 1.92 bits per heavy atom. The molecular weight excluding hydrogens is 397 g/mol. The van der Waals surface area contributed by atoms with Crippen LogP contribution >= 0.6 is 15.9 Å². The van der Waals surface area contributed by atoms with Crippen molar-refractivity contribution in [3.63, 3.8) is 0 Å². The molecule has 3 rings (SSSR count). The zero-order chi connectivity index (χ0) is 18.7. The second-order valence-corrected chi connectivity index (χ2v) is 7.44. The Hall–Kier alpha value is -2.14. The Bertz CT molecular complexity index is 776. The number of carbonyl (C=O) groups is 1. The lowest BCUT2D eigenvalue weighted by atomic mass is 9.90. The van der Waals surface area contributed by atoms with Gasteiger partial charge in [-0.05, 0) is 48.7 Å². The Labute approximate surface area is 161 Å². The largest absolute Gasteiger partial charge is 0.441 e. The second kappa shape index (κ2) is 8.04. The molecule has 0 saturated carbocycles. The van der Waals surface area contributed by atoms with Gasteiger partial charge in [-0.1, -0.05) is 46.3 Å². The molecule has 1 aliphatic heterocycles. The summed E-state index contributed by atoms with van der Waals surface area (Å²) in [5.74, 6) is -0.241. The van der Waals surface area contributed by atoms with Crippen LogP contribution < -0.4 is 0 Å². The van der Waals surface area contributed by atoms with E-state index >= 15 is 0 Å². The highest BCUT2D eigenvalue weighted by atomic mass is 79.9. The van der Waals surface area contributed by atoms with Crippen molar-refractivity contribution in [2.75, 3.05) is 6.54 Å². The first kappa shape index (κ1) is 18.6. The van der Waals surface area contributed by atoms with Gasteiger partial charge in [-0.2, -0.15) is 0 Å². The van der Waals surface area contributed by atoms with Crippen LogP contribution in [0.1, 0.15) is 36.6 Å². The van der Waals surface area contributed by atoms with Gasteiger partial charge in [0.15, 0.2) is 0 Å². The standard InChI is InChI=1S/C21H21BrFNO2/c1-3-4-17-13-24(14(2)15-5-9-18(22)10-6-15)21(25)26-20(17)16-7-11-19(23)12-8-16/h3,5-12,14,17,20H,1,4,13H2,2H3. The van der Waals surface area contributed by atoms with Gasteiger partial charge in [-0.15, -0.1) is 6.58 Å². The minimum atomic E-state index is -0.394. The maximum Gasteiger partial charge on any atom is 0.410 e. The SMILES string of the molecule is C=CCC1CN(C(C)c2ccc(Br)cc2)C(=O)OC1c1ccc(F)cc1. The molecule has 26 heavy (non-hydrogen) atoms. The number of ether oxygens (including phenoxy) is 1. The van der Waals surface area contributed by atoms with Gasteiger partial charge in [0.05, 0.1) is 6.04 Å². The van der Waals surface area contributed by atoms with E-state index in [9.17, 15) is 9.18 Å². The fraction of sp³-hybridized carbons (Fsp3) is 0.286. The summed E-state index contributed by atoms with van der Waals surface area (Å²) < 4.78 is 20.0. The number of nitrogens with zero attached hydrogens (tertiary/aromatic N) is 1. The van der Waals surface area contributed by atoms with Gasteiger partial charge in [-0.25, -0.2) is 9.18 Å². The first-order valence-electron chi connectivity index (χ1n) is 8.58. The number of rotatable bonds is 5. The average Bonchev–Trinajstić information content (AvgIpc) is 2.64. The van der Waals surface area contributed by atoms with E-state index in [2.05, 4.69) is 22.5 Å². The maximum absolute atomic E-state index is 13.2. The number of hydrogen-bond donors (Lipinski definition) is 0. The first-order valence-corrected chi connectivity index (χ1v) is 9.38. The molecule has 1 heterocycles. The summed E-state index contributed by atoms with van der Waals surface area (Å²) in [5, 5.41) is 0. The van der Waals surface area contributed by atoms with E-state index < -0.39 is 6.10 Å². The number of cyclic esters (lactones) is 1. The minimum absolute atomic E-state index is 0.0635. The summed E-state index contributed by atoms with van der Waals surface area (Å²) in [5.41, 5.74) is 1.85. The molecule has 0 aromatic heterocycles. The predicted octanol–water partition coefficient (Wildman–Crippen LogP) is 6.04. The fourth-order valence-electron chi connectivity index (χ4n) is 3.34. The van der Waals surface area contributed by atoms with Gasteiger partial charge >= 0.3 is 6.09 Å². The van der Waals surface area contributed by atoms with Crippen molar-refractivity contribution < 1.29 is 13.9 Å². The fourth-order valence-corrected chi connectivity index (χ4v) is 3.60. The van der Waals surface area contributed by atoms with E-state index in [0.717, 1.165) is 15.6 Å². The third-order valence-electron chi connectivity index (χ3n) is 4.81. The molecule has 3 nitrogen and oxygen atoms in total. The normalized spacial score (nSPS) is 21.2. The van der Waals surface area contributed by atoms with Crippen molar-refractivity contribution >= 4 is 22.0 Å². The summed E-state index contributed by atoms with van der Waals surface area (Å²) in [6.45, 7) is 6.38. The molecule has 3 unspecified atom stereocenters. The second-order valence-electron chi connectivity index (χ2n) is 6.52. The molecule has 0 aliphatic carbocycles. The number of hydrogen-bond acceptors (Lipinski definition) is 2. The summed E-state index contributed by atoms with van der Waals surface area (Å²) in [6.07, 6.45) is 1.80. The topological polar surface area (TPSA) is 29.5 Å². The van der Waals surface area contributed by atoms with Gasteiger partial charge in [0.1, 0.15) is 11.9 Å². The summed E-state index contributed by atoms with van der Waals surface area (Å²) in [4.78, 5) is 14.4. The number of amides is 1. The van der Waals surface area contributed by atoms with E-state index in [1.54, 1.807) is 17.0 Å². The Morgan fingerprint density at radius 3 is 2.54 bits per heavy atom. The molecule has 1 fully saturated rings. The van der Waals surface area contributed by atoms with E-state index in [1.807, 2.05) is 37.3 Å². The zero-order valence-corrected chi connectivity index (χ0v) is 16.2. The summed E-state index contributed by atoms with van der Waals surface area (Å²) >= 11 is 3.43. The third-order valence-corrected chi connectivity index (χ3v) is 5.34. The highest BCUT2D eigenvalue weighted by molar-refractivity contribution is 9.10. The molecule has 0 N–H and O–H groups in total. The minimum Gasteiger partial charge on any atom is -0.441 e. The molecule has 136 valence electrons. The molecule has 1 saturated heterocycles. The lowest BCUT2D eigenvalue weighted by Crippen LogP contribution is -2.45. The van der Waals surface area contributed by atoms with Gasteiger partial charge < -0.3 is 9.64 Å². The van der Waals surface area contributed by atoms with Gasteiger partial charge in [-0.3, -0.25) is 0 Å². The van der Waals surface area contributed by atoms with Crippen molar-refractivity contribution in [2.24, 2.45) is 5.92 Å². The van der Waals surface area contributed by atoms with Crippen LogP contribution in [-0.4, -0.2) is 17.5 Å². The van der Waals surface area contributed by atoms with Crippen molar-refractivity contribution in [3.8, 4) is 0 Å². The Morgan fingerprint density at radius 1 is 1.27 bits per heavy atom. The smallest absolute Gasteiger partial charge is 0.410 e. The van der Waals surface area contributed by atoms with Crippen LogP contribution in [0.2, 0.25) is 0 Å². The van der Waals surface area contributed by atoms with Crippen molar-refractivity contribution in [1.29, 1.82) is 0 Å². The molecule has 0 spiro atoms. The number of carbonyl (C=O) groups excluding carboxylic acids is 1. The molecule has 5 heteroatoms. The number of halogens is 2. The van der Waals surface area contributed by atoms with Crippen molar-refractivity contribution in [3.05, 3.63) is 82.6 Å². The predicted molar refractivity (Wildman–Crippen MR) is 103 cm³/mol. The quantitative estimate of drug-likeness (QED) is 0.555. The van der Waals surface area contributed by atoms with Crippen LogP contribution in [-0.2, 0) is 4.74 Å². The molecule has 0 bridgehead atoms. The molecule has 1 amide bonds. The molecule has 2 aromatic carbocycles. The van der Waals surface area contributed by atoms with Crippen LogP contribution in [0.15, 0.2) is 65.7 Å². The van der Waals surface area contributed by atoms with Crippen LogP contribution in [0.3, 0.4) is 0 Å². The molecule has 0 radical (unpaired) electrons. The molecule has 3 atom stereocenters. The van der Waals surface area contributed by atoms with E-state index in [4.69, 9.17) is 4.74 Å². The number of benzene rings is 2. The van der Waals surface area contributed by atoms with E-state index in [1.165, 1.54) is 12.1 Å². The lowest BCUT2D eigenvalue weighted by molar-refractivity contribution is -0.0235. The monoisotopic (exact) mass is 417 g/mol. The molecule has 1 aliphatic rings. The van der Waals surface area contributed by atoms with Gasteiger partial charge in [0.2, 0.25) is 0 Å². The van der Waals surface area contributed by atoms with Crippen molar-refractivity contribution in [1.82, 2.24) is 4.90 Å². The third kappa shape index (κ3) is 3.98. The Kier molecular flexibility index (Phi) is 5.77. The first-order chi connectivity index (χ1) is 12.5. The van der Waals surface area contributed by atoms with Gasteiger partial charge in [0.25, 0.3) is 0 Å². The van der Waals surface area contributed by atoms with Crippen LogP contribution in [0.5, 0.6) is 0 Å². The van der Waals surface area contributed by atoms with E-state index in [0.29, 0.717) is 13.0 Å². The molecular formula is C21H21BrFNO2. The lowest BCUT2D eigenvalue weighted by Gasteiger charge is -2.40. The van der Waals surface area contributed by atoms with E-state index in [-0.39, 0.29) is 23.9 Å². The Balaban J connectivity index is 1.83. The van der Waals surface area contributed by atoms with Crippen molar-refractivity contribution in [2.45, 2.75) is 25.5 Å². The van der Waals surface area contributed by atoms with Crippen LogP contribution in [0.25, 0.3) is 0 Å². The average molecular weight is 418 g/mol. The zero-order valence-electron chi connectivity index (χ0n) is 14.6.